The molecule has 0 unspecified atom stereocenters. The number of benzene rings is 9. The molecule has 12 rings (SSSR count). The van der Waals surface area contributed by atoms with Crippen LogP contribution in [-0.2, 0) is 0 Å². The van der Waals surface area contributed by atoms with E-state index in [4.69, 9.17) is 0 Å². The summed E-state index contributed by atoms with van der Waals surface area (Å²) in [6.07, 6.45) is 0. The molecule has 4 heteroatoms. The van der Waals surface area contributed by atoms with Gasteiger partial charge in [0.15, 0.2) is 0 Å². The van der Waals surface area contributed by atoms with E-state index in [0.717, 1.165) is 17.1 Å². The maximum absolute atomic E-state index is 2.40. The molecule has 9 aromatic carbocycles. The first-order chi connectivity index (χ1) is 28.7. The monoisotopic (exact) mass is 822 g/mol. The Morgan fingerprint density at radius 3 is 1.71 bits per heavy atom. The topological polar surface area (TPSA) is 8.17 Å². The molecule has 0 bridgehead atoms. The molecular weight excluding hydrogens is 788 g/mol. The maximum atomic E-state index is 2.40. The van der Waals surface area contributed by atoms with E-state index in [0.29, 0.717) is 14.5 Å². The summed E-state index contributed by atoms with van der Waals surface area (Å²) >= 11 is 2.23. The summed E-state index contributed by atoms with van der Waals surface area (Å²) in [6, 6.07) is 76.1. The molecule has 0 aliphatic heterocycles. The molecule has 3 heterocycles. The first-order valence-electron chi connectivity index (χ1n) is 19.7. The second kappa shape index (κ2) is 13.5. The van der Waals surface area contributed by atoms with E-state index in [-0.39, 0.29) is 0 Å². The van der Waals surface area contributed by atoms with E-state index in [9.17, 15) is 0 Å². The summed E-state index contributed by atoms with van der Waals surface area (Å²) in [4.78, 5) is 2.40. The Bertz CT molecular complexity index is 3500. The van der Waals surface area contributed by atoms with Crippen molar-refractivity contribution in [1.29, 1.82) is 0 Å². The van der Waals surface area contributed by atoms with Crippen LogP contribution in [0.1, 0.15) is 0 Å². The van der Waals surface area contributed by atoms with Gasteiger partial charge in [0, 0.05) is 31.2 Å². The molecular formula is C54H34N2SSe. The van der Waals surface area contributed by atoms with Gasteiger partial charge in [-0.25, -0.2) is 0 Å². The van der Waals surface area contributed by atoms with Gasteiger partial charge in [0.05, 0.1) is 11.0 Å². The molecule has 2 nitrogen and oxygen atoms in total. The average molecular weight is 822 g/mol. The Labute approximate surface area is 345 Å². The Balaban J connectivity index is 0.961. The van der Waals surface area contributed by atoms with Crippen LogP contribution in [0.25, 0.3) is 89.2 Å². The summed E-state index contributed by atoms with van der Waals surface area (Å²) in [5.41, 5.74) is 11.8. The van der Waals surface area contributed by atoms with E-state index < -0.39 is 0 Å². The Morgan fingerprint density at radius 2 is 0.914 bits per heavy atom. The third kappa shape index (κ3) is 5.45. The predicted molar refractivity (Wildman–Crippen MR) is 251 cm³/mol. The molecule has 0 aliphatic rings. The minimum Gasteiger partial charge on any atom is -0.0602 e. The number of nitrogens with zero attached hydrogens (tertiary/aromatic N) is 2. The number of aromatic nitrogens is 1. The van der Waals surface area contributed by atoms with Crippen molar-refractivity contribution < 1.29 is 0 Å². The molecule has 0 fully saturated rings. The summed E-state index contributed by atoms with van der Waals surface area (Å²) < 4.78 is 7.96. The van der Waals surface area contributed by atoms with Gasteiger partial charge < -0.3 is 4.57 Å². The quantitative estimate of drug-likeness (QED) is 0.152. The summed E-state index contributed by atoms with van der Waals surface area (Å²) in [6.45, 7) is 0. The SMILES string of the molecule is c1ccc(-n2c3ccccc3c3ccc(-c4ccc(N(c5ccc(-c6ccc7[se]c8ccccc8c7c6)cc5)c5ccc6sc7ccccc7c6c5)cc4)cc32)cc1. The van der Waals surface area contributed by atoms with Crippen LogP contribution >= 0.6 is 11.3 Å². The van der Waals surface area contributed by atoms with Crippen LogP contribution in [0.2, 0.25) is 0 Å². The van der Waals surface area contributed by atoms with Crippen molar-refractivity contribution in [3.8, 4) is 27.9 Å². The van der Waals surface area contributed by atoms with Crippen LogP contribution in [-0.4, -0.2) is 19.1 Å². The van der Waals surface area contributed by atoms with E-state index >= 15 is 0 Å². The van der Waals surface area contributed by atoms with Crippen LogP contribution in [0, 0.1) is 0 Å². The summed E-state index contributed by atoms with van der Waals surface area (Å²) in [5.74, 6) is 0. The van der Waals surface area contributed by atoms with Crippen molar-refractivity contribution >= 4 is 104 Å². The molecule has 0 atom stereocenters. The molecule has 272 valence electrons. The van der Waals surface area contributed by atoms with E-state index in [1.54, 1.807) is 0 Å². The summed E-state index contributed by atoms with van der Waals surface area (Å²) in [5, 5.41) is 7.89. The van der Waals surface area contributed by atoms with Crippen molar-refractivity contribution in [1.82, 2.24) is 4.57 Å². The van der Waals surface area contributed by atoms with Gasteiger partial charge in [0.1, 0.15) is 0 Å². The van der Waals surface area contributed by atoms with Crippen LogP contribution in [0.15, 0.2) is 206 Å². The zero-order chi connectivity index (χ0) is 38.2. The van der Waals surface area contributed by atoms with Crippen LogP contribution in [0.5, 0.6) is 0 Å². The first kappa shape index (κ1) is 33.5. The third-order valence-corrected chi connectivity index (χ3v) is 15.2. The fourth-order valence-electron chi connectivity index (χ4n) is 8.82. The van der Waals surface area contributed by atoms with Crippen molar-refractivity contribution in [2.75, 3.05) is 4.90 Å². The average Bonchev–Trinajstić information content (AvgIpc) is 3.96. The second-order valence-electron chi connectivity index (χ2n) is 14.9. The minimum absolute atomic E-state index is 0.369. The number of hydrogen-bond acceptors (Lipinski definition) is 2. The third-order valence-electron chi connectivity index (χ3n) is 11.6. The van der Waals surface area contributed by atoms with Crippen molar-refractivity contribution in [2.24, 2.45) is 0 Å². The van der Waals surface area contributed by atoms with Crippen LogP contribution in [0.4, 0.5) is 17.1 Å². The van der Waals surface area contributed by atoms with Gasteiger partial charge in [-0.15, -0.1) is 11.3 Å². The molecule has 0 radical (unpaired) electrons. The fraction of sp³-hybridized carbons (Fsp3) is 0. The van der Waals surface area contributed by atoms with Gasteiger partial charge >= 0.3 is 181 Å². The molecule has 0 N–H and O–H groups in total. The number of fused-ring (bicyclic) bond motifs is 9. The molecule has 0 saturated carbocycles. The van der Waals surface area contributed by atoms with Gasteiger partial charge in [-0.2, -0.15) is 0 Å². The van der Waals surface area contributed by atoms with Gasteiger partial charge in [0.2, 0.25) is 0 Å². The van der Waals surface area contributed by atoms with Crippen LogP contribution in [0.3, 0.4) is 0 Å². The van der Waals surface area contributed by atoms with E-state index in [1.807, 2.05) is 11.3 Å². The van der Waals surface area contributed by atoms with Gasteiger partial charge in [-0.3, -0.25) is 0 Å². The Morgan fingerprint density at radius 1 is 0.345 bits per heavy atom. The molecule has 0 spiro atoms. The zero-order valence-corrected chi connectivity index (χ0v) is 33.9. The number of anilines is 3. The molecule has 0 amide bonds. The molecule has 58 heavy (non-hydrogen) atoms. The first-order valence-corrected chi connectivity index (χ1v) is 22.2. The fourth-order valence-corrected chi connectivity index (χ4v) is 12.2. The second-order valence-corrected chi connectivity index (χ2v) is 18.3. The molecule has 3 aromatic heterocycles. The van der Waals surface area contributed by atoms with Crippen molar-refractivity contribution in [3.63, 3.8) is 0 Å². The van der Waals surface area contributed by atoms with Gasteiger partial charge in [0.25, 0.3) is 0 Å². The molecule has 0 aliphatic carbocycles. The minimum atomic E-state index is 0.369. The standard InChI is InChI=1S/C54H34N2SSe/c1-2-10-39(11-3-1)56-49-15-7-4-12-43(49)44-29-22-38(33-50(44)56)36-20-26-41(27-21-36)55(42-28-30-52-47(34-42)45-13-5-8-16-51(45)57-52)40-24-18-35(19-25-40)37-23-31-54-48(32-37)46-14-6-9-17-53(46)58-54/h1-34H. The van der Waals surface area contributed by atoms with E-state index in [2.05, 4.69) is 216 Å². The Hall–Kier alpha value is -6.68. The van der Waals surface area contributed by atoms with Gasteiger partial charge in [-0.05, 0) is 41.5 Å². The molecule has 12 aromatic rings. The van der Waals surface area contributed by atoms with Crippen LogP contribution < -0.4 is 4.90 Å². The smallest absolute Gasteiger partial charge is 0.0602 e. The normalized spacial score (nSPS) is 11.8. The number of rotatable bonds is 6. The van der Waals surface area contributed by atoms with E-state index in [1.165, 1.54) is 89.2 Å². The number of hydrogen-bond donors (Lipinski definition) is 0. The summed E-state index contributed by atoms with van der Waals surface area (Å²) in [7, 11) is 0. The number of thiophene rings is 1. The predicted octanol–water partition coefficient (Wildman–Crippen LogP) is 15.3. The molecule has 0 saturated heterocycles. The zero-order valence-electron chi connectivity index (χ0n) is 31.3. The van der Waals surface area contributed by atoms with Gasteiger partial charge in [-0.1, -0.05) is 66.7 Å². The van der Waals surface area contributed by atoms with Crippen molar-refractivity contribution in [3.05, 3.63) is 206 Å². The van der Waals surface area contributed by atoms with Crippen molar-refractivity contribution in [2.45, 2.75) is 0 Å². The Kier molecular flexibility index (Phi) is 7.77. The number of para-hydroxylation sites is 2.